The van der Waals surface area contributed by atoms with Gasteiger partial charge in [-0.1, -0.05) is 0 Å². The zero-order valence-corrected chi connectivity index (χ0v) is 19.4. The first-order valence-corrected chi connectivity index (χ1v) is 10.8. The molecule has 4 rings (SSSR count). The first-order valence-electron chi connectivity index (χ1n) is 10.8. The van der Waals surface area contributed by atoms with Crippen molar-refractivity contribution in [2.75, 3.05) is 32.2 Å². The molecular formula is C25H27N5O4. The minimum atomic E-state index is -1.04. The number of hydrogen-bond acceptors (Lipinski definition) is 6. The van der Waals surface area contributed by atoms with Gasteiger partial charge < -0.3 is 29.4 Å². The van der Waals surface area contributed by atoms with E-state index < -0.39 is 6.09 Å². The average molecular weight is 462 g/mol. The summed E-state index contributed by atoms with van der Waals surface area (Å²) in [6.07, 6.45) is 5.31. The van der Waals surface area contributed by atoms with Crippen LogP contribution in [-0.2, 0) is 7.05 Å². The van der Waals surface area contributed by atoms with E-state index in [9.17, 15) is 4.79 Å². The molecule has 0 saturated carbocycles. The molecule has 9 nitrogen and oxygen atoms in total. The average Bonchev–Trinajstić information content (AvgIpc) is 3.29. The van der Waals surface area contributed by atoms with E-state index in [-0.39, 0.29) is 0 Å². The molecule has 1 amide bonds. The molecule has 9 heteroatoms. The first kappa shape index (κ1) is 22.9. The molecular weight excluding hydrogens is 434 g/mol. The molecule has 2 N–H and O–H groups in total. The van der Waals surface area contributed by atoms with Crippen LogP contribution in [0.15, 0.2) is 61.1 Å². The van der Waals surface area contributed by atoms with Crippen molar-refractivity contribution in [2.45, 2.75) is 6.42 Å². The van der Waals surface area contributed by atoms with Gasteiger partial charge in [-0.25, -0.2) is 9.78 Å². The second-order valence-corrected chi connectivity index (χ2v) is 7.80. The SMILES string of the molecule is COc1cc(OC)cc(N(CCCNC(=O)O)c2ccc3ncc(-c4ccn(C)c4)nc3c2)c1. The van der Waals surface area contributed by atoms with E-state index in [1.807, 2.05) is 66.5 Å². The van der Waals surface area contributed by atoms with Crippen LogP contribution in [0.25, 0.3) is 22.3 Å². The van der Waals surface area contributed by atoms with Gasteiger partial charge in [0.15, 0.2) is 0 Å². The number of fused-ring (bicyclic) bond motifs is 1. The van der Waals surface area contributed by atoms with Gasteiger partial charge in [-0.05, 0) is 30.7 Å². The fourth-order valence-electron chi connectivity index (χ4n) is 3.75. The maximum atomic E-state index is 10.9. The number of nitrogens with one attached hydrogen (secondary N) is 1. The summed E-state index contributed by atoms with van der Waals surface area (Å²) in [5.74, 6) is 1.32. The van der Waals surface area contributed by atoms with Gasteiger partial charge in [0.25, 0.3) is 0 Å². The molecule has 0 bridgehead atoms. The number of carboxylic acid groups (broad SMARTS) is 1. The Morgan fingerprint density at radius 3 is 2.47 bits per heavy atom. The minimum absolute atomic E-state index is 0.332. The number of rotatable bonds is 9. The van der Waals surface area contributed by atoms with Gasteiger partial charge in [-0.3, -0.25) is 4.98 Å². The number of nitrogens with zero attached hydrogens (tertiary/aromatic N) is 4. The van der Waals surface area contributed by atoms with Crippen molar-refractivity contribution in [1.29, 1.82) is 0 Å². The highest BCUT2D eigenvalue weighted by atomic mass is 16.5. The summed E-state index contributed by atoms with van der Waals surface area (Å²) < 4.78 is 12.9. The van der Waals surface area contributed by atoms with Crippen molar-refractivity contribution in [2.24, 2.45) is 7.05 Å². The van der Waals surface area contributed by atoms with Crippen LogP contribution >= 0.6 is 0 Å². The van der Waals surface area contributed by atoms with E-state index in [4.69, 9.17) is 19.6 Å². The van der Waals surface area contributed by atoms with E-state index in [1.54, 1.807) is 20.4 Å². The van der Waals surface area contributed by atoms with Crippen molar-refractivity contribution < 1.29 is 19.4 Å². The second kappa shape index (κ2) is 10.1. The number of amides is 1. The molecule has 0 saturated heterocycles. The molecule has 0 fully saturated rings. The normalized spacial score (nSPS) is 10.8. The lowest BCUT2D eigenvalue weighted by Crippen LogP contribution is -2.26. The second-order valence-electron chi connectivity index (χ2n) is 7.80. The minimum Gasteiger partial charge on any atom is -0.497 e. The number of ether oxygens (including phenoxy) is 2. The molecule has 0 aliphatic carbocycles. The van der Waals surface area contributed by atoms with E-state index in [0.29, 0.717) is 31.0 Å². The van der Waals surface area contributed by atoms with Crippen LogP contribution in [0.3, 0.4) is 0 Å². The largest absolute Gasteiger partial charge is 0.497 e. The van der Waals surface area contributed by atoms with Crippen molar-refractivity contribution in [3.8, 4) is 22.8 Å². The monoisotopic (exact) mass is 461 g/mol. The third-order valence-corrected chi connectivity index (χ3v) is 5.45. The van der Waals surface area contributed by atoms with Crippen molar-refractivity contribution >= 4 is 28.5 Å². The summed E-state index contributed by atoms with van der Waals surface area (Å²) >= 11 is 0. The van der Waals surface area contributed by atoms with Crippen LogP contribution in [0.5, 0.6) is 11.5 Å². The molecule has 2 aromatic carbocycles. The summed E-state index contributed by atoms with van der Waals surface area (Å²) in [7, 11) is 5.18. The lowest BCUT2D eigenvalue weighted by molar-refractivity contribution is 0.194. The van der Waals surface area contributed by atoms with Gasteiger partial charge in [0.05, 0.1) is 37.1 Å². The molecule has 0 unspecified atom stereocenters. The molecule has 4 aromatic rings. The van der Waals surface area contributed by atoms with Crippen molar-refractivity contribution in [3.63, 3.8) is 0 Å². The first-order chi connectivity index (χ1) is 16.5. The summed E-state index contributed by atoms with van der Waals surface area (Å²) in [4.78, 5) is 22.4. The highest BCUT2D eigenvalue weighted by molar-refractivity contribution is 5.82. The van der Waals surface area contributed by atoms with Crippen LogP contribution in [0.1, 0.15) is 6.42 Å². The Morgan fingerprint density at radius 1 is 1.06 bits per heavy atom. The predicted octanol–water partition coefficient (Wildman–Crippen LogP) is 4.45. The summed E-state index contributed by atoms with van der Waals surface area (Å²) in [6.45, 7) is 0.895. The lowest BCUT2D eigenvalue weighted by Gasteiger charge is -2.26. The molecule has 0 atom stereocenters. The van der Waals surface area contributed by atoms with Crippen molar-refractivity contribution in [3.05, 3.63) is 61.1 Å². The molecule has 176 valence electrons. The Morgan fingerprint density at radius 2 is 1.82 bits per heavy atom. The molecule has 34 heavy (non-hydrogen) atoms. The molecule has 2 heterocycles. The Balaban J connectivity index is 1.73. The van der Waals surface area contributed by atoms with Crippen LogP contribution in [0.2, 0.25) is 0 Å². The Labute approximate surface area is 197 Å². The van der Waals surface area contributed by atoms with Crippen LogP contribution < -0.4 is 19.7 Å². The Hall–Kier alpha value is -4.27. The molecule has 0 radical (unpaired) electrons. The number of aromatic nitrogens is 3. The molecule has 0 spiro atoms. The van der Waals surface area contributed by atoms with E-state index in [1.165, 1.54) is 0 Å². The maximum absolute atomic E-state index is 10.9. The topological polar surface area (TPSA) is 102 Å². The molecule has 0 aliphatic heterocycles. The molecule has 0 aliphatic rings. The number of benzene rings is 2. The predicted molar refractivity (Wildman–Crippen MR) is 131 cm³/mol. The Kier molecular flexibility index (Phi) is 6.82. The maximum Gasteiger partial charge on any atom is 0.404 e. The molecule has 2 aromatic heterocycles. The lowest BCUT2D eigenvalue weighted by atomic mass is 10.1. The van der Waals surface area contributed by atoms with E-state index >= 15 is 0 Å². The zero-order valence-electron chi connectivity index (χ0n) is 19.4. The van der Waals surface area contributed by atoms with Gasteiger partial charge in [0.1, 0.15) is 11.5 Å². The van der Waals surface area contributed by atoms with E-state index in [0.717, 1.165) is 33.7 Å². The zero-order chi connectivity index (χ0) is 24.1. The van der Waals surface area contributed by atoms with Gasteiger partial charge in [-0.15, -0.1) is 0 Å². The van der Waals surface area contributed by atoms with Crippen molar-refractivity contribution in [1.82, 2.24) is 19.9 Å². The standard InChI is InChI=1S/C25H27N5O4/c1-29-10-7-17(16-29)24-15-27-22-6-5-18(13-23(22)28-24)30(9-4-8-26-25(31)32)19-11-20(33-2)14-21(12-19)34-3/h5-7,10-16,26H,4,8-9H2,1-3H3,(H,31,32). The number of anilines is 2. The van der Waals surface area contributed by atoms with Crippen LogP contribution in [-0.4, -0.2) is 53.0 Å². The summed E-state index contributed by atoms with van der Waals surface area (Å²) in [5, 5.41) is 11.3. The van der Waals surface area contributed by atoms with Crippen LogP contribution in [0.4, 0.5) is 16.2 Å². The third-order valence-electron chi connectivity index (χ3n) is 5.45. The summed E-state index contributed by atoms with van der Waals surface area (Å²) in [6, 6.07) is 13.6. The quantitative estimate of drug-likeness (QED) is 0.355. The highest BCUT2D eigenvalue weighted by Crippen LogP contribution is 2.34. The third kappa shape index (κ3) is 5.20. The number of methoxy groups -OCH3 is 2. The Bertz CT molecular complexity index is 1280. The number of carbonyl (C=O) groups is 1. The fraction of sp³-hybridized carbons (Fsp3) is 0.240. The van der Waals surface area contributed by atoms with Gasteiger partial charge in [0.2, 0.25) is 0 Å². The fourth-order valence-corrected chi connectivity index (χ4v) is 3.75. The van der Waals surface area contributed by atoms with Gasteiger partial charge in [-0.2, -0.15) is 0 Å². The number of hydrogen-bond donors (Lipinski definition) is 2. The van der Waals surface area contributed by atoms with Gasteiger partial charge in [0, 0.05) is 67.7 Å². The summed E-state index contributed by atoms with van der Waals surface area (Å²) in [5.41, 5.74) is 5.11. The number of aryl methyl sites for hydroxylation is 1. The smallest absolute Gasteiger partial charge is 0.404 e. The van der Waals surface area contributed by atoms with Gasteiger partial charge >= 0.3 is 6.09 Å². The van der Waals surface area contributed by atoms with E-state index in [2.05, 4.69) is 15.2 Å². The highest BCUT2D eigenvalue weighted by Gasteiger charge is 2.14. The van der Waals surface area contributed by atoms with Crippen LogP contribution in [0, 0.1) is 0 Å².